The van der Waals surface area contributed by atoms with Gasteiger partial charge in [-0.25, -0.2) is 0 Å². The van der Waals surface area contributed by atoms with Crippen molar-refractivity contribution >= 4 is 5.91 Å². The predicted octanol–water partition coefficient (Wildman–Crippen LogP) is -1.89. The number of carbonyl (C=O) groups excluding carboxylic acids is 1. The molecule has 1 aliphatic rings. The maximum absolute atomic E-state index is 12.3. The molecule has 1 fully saturated rings. The van der Waals surface area contributed by atoms with E-state index in [2.05, 4.69) is 12.4 Å². The summed E-state index contributed by atoms with van der Waals surface area (Å²) in [4.78, 5) is 15.2. The van der Waals surface area contributed by atoms with Gasteiger partial charge in [-0.3, -0.25) is 4.79 Å². The second kappa shape index (κ2) is 7.43. The van der Waals surface area contributed by atoms with Crippen LogP contribution in [0.5, 0.6) is 5.75 Å². The van der Waals surface area contributed by atoms with Gasteiger partial charge in [0.2, 0.25) is 0 Å². The Morgan fingerprint density at radius 2 is 1.86 bits per heavy atom. The van der Waals surface area contributed by atoms with Crippen LogP contribution in [-0.2, 0) is 11.3 Å². The summed E-state index contributed by atoms with van der Waals surface area (Å²) in [6.45, 7) is 7.04. The second-order valence-electron chi connectivity index (χ2n) is 5.90. The number of methoxy groups -OCH3 is 1. The summed E-state index contributed by atoms with van der Waals surface area (Å²) < 4.78 is 5.13. The fourth-order valence-corrected chi connectivity index (χ4v) is 2.70. The number of carbonyl (C=O) groups is 1. The van der Waals surface area contributed by atoms with Crippen molar-refractivity contribution in [1.29, 1.82) is 0 Å². The van der Waals surface area contributed by atoms with E-state index in [1.54, 1.807) is 12.0 Å². The third kappa shape index (κ3) is 4.44. The molecular weight excluding hydrogens is 266 g/mol. The number of hydrogen-bond donors (Lipinski definition) is 3. The van der Waals surface area contributed by atoms with Crippen LogP contribution in [0.15, 0.2) is 24.3 Å². The van der Waals surface area contributed by atoms with E-state index >= 15 is 0 Å². The van der Waals surface area contributed by atoms with Crippen LogP contribution >= 0.6 is 0 Å². The lowest BCUT2D eigenvalue weighted by molar-refractivity contribution is -1.01. The van der Waals surface area contributed by atoms with Gasteiger partial charge in [-0.15, -0.1) is 0 Å². The number of ether oxygens (including phenoxy) is 1. The highest BCUT2D eigenvalue weighted by molar-refractivity contribution is 5.79. The molecule has 0 spiro atoms. The van der Waals surface area contributed by atoms with Gasteiger partial charge in [0.1, 0.15) is 31.9 Å². The maximum Gasteiger partial charge on any atom is 0.278 e. The topological polar surface area (TPSA) is 47.2 Å². The third-order valence-corrected chi connectivity index (χ3v) is 4.38. The van der Waals surface area contributed by atoms with Crippen molar-refractivity contribution in [3.8, 4) is 5.75 Å². The number of nitrogens with one attached hydrogen (secondary N) is 3. The lowest BCUT2D eigenvalue weighted by Crippen LogP contribution is -3.29. The number of rotatable bonds is 5. The highest BCUT2D eigenvalue weighted by atomic mass is 16.5. The molecule has 0 aromatic heterocycles. The molecule has 0 unspecified atom stereocenters. The minimum Gasteiger partial charge on any atom is -0.497 e. The molecule has 21 heavy (non-hydrogen) atoms. The highest BCUT2D eigenvalue weighted by Gasteiger charge is 2.29. The molecule has 5 heteroatoms. The van der Waals surface area contributed by atoms with Gasteiger partial charge in [0.25, 0.3) is 5.91 Å². The van der Waals surface area contributed by atoms with Crippen LogP contribution in [0.25, 0.3) is 0 Å². The standard InChI is InChI=1S/C16H25N3O2/c1-13(19-10-8-18(2)9-11-19)16(20)17-12-14-4-6-15(21-3)7-5-14/h4-7,13H,8-12H2,1-3H3,(H,17,20)/p+2/t13-/m0/s1. The number of likely N-dealkylation sites (N-methyl/N-ethyl adjacent to an activating group) is 1. The van der Waals surface area contributed by atoms with E-state index in [1.165, 1.54) is 4.90 Å². The zero-order valence-electron chi connectivity index (χ0n) is 13.2. The van der Waals surface area contributed by atoms with Gasteiger partial charge in [-0.1, -0.05) is 12.1 Å². The van der Waals surface area contributed by atoms with Gasteiger partial charge < -0.3 is 19.9 Å². The van der Waals surface area contributed by atoms with Gasteiger partial charge in [-0.2, -0.15) is 0 Å². The largest absolute Gasteiger partial charge is 0.497 e. The van der Waals surface area contributed by atoms with Crippen LogP contribution in [0, 0.1) is 0 Å². The lowest BCUT2D eigenvalue weighted by atomic mass is 10.2. The molecular formula is C16H27N3O2+2. The van der Waals surface area contributed by atoms with Crippen molar-refractivity contribution in [1.82, 2.24) is 5.32 Å². The minimum absolute atomic E-state index is 0.0244. The van der Waals surface area contributed by atoms with Gasteiger partial charge in [-0.05, 0) is 24.6 Å². The van der Waals surface area contributed by atoms with Crippen LogP contribution in [0.3, 0.4) is 0 Å². The Balaban J connectivity index is 1.80. The zero-order chi connectivity index (χ0) is 15.2. The van der Waals surface area contributed by atoms with Crippen LogP contribution in [-0.4, -0.2) is 52.3 Å². The molecule has 0 aliphatic carbocycles. The number of amides is 1. The van der Waals surface area contributed by atoms with Crippen LogP contribution in [0.4, 0.5) is 0 Å². The van der Waals surface area contributed by atoms with Gasteiger partial charge in [0.15, 0.2) is 6.04 Å². The summed E-state index contributed by atoms with van der Waals surface area (Å²) in [7, 11) is 3.87. The Morgan fingerprint density at radius 3 is 2.43 bits per heavy atom. The average molecular weight is 293 g/mol. The normalized spacial score (nSPS) is 23.4. The molecule has 0 bridgehead atoms. The Bertz CT molecular complexity index is 453. The fourth-order valence-electron chi connectivity index (χ4n) is 2.70. The summed E-state index contributed by atoms with van der Waals surface area (Å²) in [5.74, 6) is 0.975. The first-order valence-electron chi connectivity index (χ1n) is 7.66. The first-order chi connectivity index (χ1) is 10.1. The number of quaternary nitrogens is 2. The van der Waals surface area contributed by atoms with Crippen molar-refractivity contribution in [3.05, 3.63) is 29.8 Å². The molecule has 1 amide bonds. The third-order valence-electron chi connectivity index (χ3n) is 4.38. The van der Waals surface area contributed by atoms with E-state index in [-0.39, 0.29) is 11.9 Å². The van der Waals surface area contributed by atoms with Crippen molar-refractivity contribution in [2.75, 3.05) is 40.3 Å². The number of benzene rings is 1. The van der Waals surface area contributed by atoms with Crippen molar-refractivity contribution in [2.24, 2.45) is 0 Å². The summed E-state index contributed by atoms with van der Waals surface area (Å²) >= 11 is 0. The minimum atomic E-state index is 0.0244. The molecule has 1 atom stereocenters. The number of hydrogen-bond acceptors (Lipinski definition) is 2. The second-order valence-corrected chi connectivity index (χ2v) is 5.90. The van der Waals surface area contributed by atoms with Crippen LogP contribution < -0.4 is 19.9 Å². The molecule has 0 radical (unpaired) electrons. The molecule has 1 aliphatic heterocycles. The molecule has 1 aromatic rings. The number of piperazine rings is 1. The molecule has 5 nitrogen and oxygen atoms in total. The van der Waals surface area contributed by atoms with Crippen LogP contribution in [0.1, 0.15) is 12.5 Å². The van der Waals surface area contributed by atoms with E-state index in [4.69, 9.17) is 4.74 Å². The SMILES string of the molecule is COc1ccc(CNC(=O)[C@H](C)[NH+]2CC[NH+](C)CC2)cc1. The molecule has 2 rings (SSSR count). The van der Waals surface area contributed by atoms with Crippen molar-refractivity contribution in [3.63, 3.8) is 0 Å². The Labute approximate surface area is 126 Å². The van der Waals surface area contributed by atoms with E-state index < -0.39 is 0 Å². The Kier molecular flexibility index (Phi) is 5.59. The Morgan fingerprint density at radius 1 is 1.24 bits per heavy atom. The van der Waals surface area contributed by atoms with Gasteiger partial charge in [0, 0.05) is 6.54 Å². The first-order valence-corrected chi connectivity index (χ1v) is 7.66. The molecule has 1 heterocycles. The molecule has 3 N–H and O–H groups in total. The van der Waals surface area contributed by atoms with Gasteiger partial charge >= 0.3 is 0 Å². The predicted molar refractivity (Wildman–Crippen MR) is 81.6 cm³/mol. The summed E-state index contributed by atoms with van der Waals surface area (Å²) in [6, 6.07) is 7.82. The lowest BCUT2D eigenvalue weighted by Gasteiger charge is -2.30. The average Bonchev–Trinajstić information content (AvgIpc) is 2.53. The quantitative estimate of drug-likeness (QED) is 0.595. The van der Waals surface area contributed by atoms with Gasteiger partial charge in [0.05, 0.1) is 14.2 Å². The molecule has 0 saturated carbocycles. The monoisotopic (exact) mass is 293 g/mol. The van der Waals surface area contributed by atoms with Crippen LogP contribution in [0.2, 0.25) is 0 Å². The molecule has 1 saturated heterocycles. The van der Waals surface area contributed by atoms with E-state index in [1.807, 2.05) is 31.2 Å². The maximum atomic E-state index is 12.3. The smallest absolute Gasteiger partial charge is 0.278 e. The zero-order valence-corrected chi connectivity index (χ0v) is 13.2. The van der Waals surface area contributed by atoms with E-state index in [0.29, 0.717) is 6.54 Å². The summed E-state index contributed by atoms with van der Waals surface area (Å²) in [6.07, 6.45) is 0. The highest BCUT2D eigenvalue weighted by Crippen LogP contribution is 2.10. The van der Waals surface area contributed by atoms with E-state index in [9.17, 15) is 4.79 Å². The molecule has 1 aromatic carbocycles. The summed E-state index contributed by atoms with van der Waals surface area (Å²) in [5.41, 5.74) is 1.09. The van der Waals surface area contributed by atoms with E-state index in [0.717, 1.165) is 37.5 Å². The first kappa shape index (κ1) is 15.8. The summed E-state index contributed by atoms with van der Waals surface area (Å²) in [5, 5.41) is 3.04. The van der Waals surface area contributed by atoms with Crippen molar-refractivity contribution < 1.29 is 19.3 Å². The fraction of sp³-hybridized carbons (Fsp3) is 0.562. The Hall–Kier alpha value is -1.59. The van der Waals surface area contributed by atoms with Crippen molar-refractivity contribution in [2.45, 2.75) is 19.5 Å². The molecule has 116 valence electrons.